The molecule has 2 heterocycles. The van der Waals surface area contributed by atoms with Crippen molar-refractivity contribution in [3.63, 3.8) is 0 Å². The van der Waals surface area contributed by atoms with Crippen LogP contribution in [0.15, 0.2) is 0 Å². The van der Waals surface area contributed by atoms with Gasteiger partial charge in [0.25, 0.3) is 0 Å². The first-order chi connectivity index (χ1) is 9.20. The highest BCUT2D eigenvalue weighted by Gasteiger charge is 2.61. The average Bonchev–Trinajstić information content (AvgIpc) is 2.72. The van der Waals surface area contributed by atoms with E-state index < -0.39 is 42.1 Å². The molecule has 0 aliphatic carbocycles. The van der Waals surface area contributed by atoms with Gasteiger partial charge in [-0.05, 0) is 0 Å². The number of imide groups is 3. The Morgan fingerprint density at radius 3 is 1.50 bits per heavy atom. The highest BCUT2D eigenvalue weighted by atomic mass is 16.2. The van der Waals surface area contributed by atoms with Gasteiger partial charge >= 0.3 is 12.1 Å². The Kier molecular flexibility index (Phi) is 2.99. The predicted octanol–water partition coefficient (Wildman–Crippen LogP) is -0.617. The van der Waals surface area contributed by atoms with Crippen molar-refractivity contribution < 1.29 is 24.0 Å². The van der Waals surface area contributed by atoms with Gasteiger partial charge in [0.05, 0.1) is 0 Å². The fourth-order valence-electron chi connectivity index (χ4n) is 2.59. The van der Waals surface area contributed by atoms with E-state index in [4.69, 9.17) is 0 Å². The van der Waals surface area contributed by atoms with Gasteiger partial charge in [0.2, 0.25) is 17.7 Å². The van der Waals surface area contributed by atoms with Crippen LogP contribution in [0.5, 0.6) is 0 Å². The second kappa shape index (κ2) is 4.29. The van der Waals surface area contributed by atoms with E-state index in [0.717, 1.165) is 40.4 Å². The van der Waals surface area contributed by atoms with Gasteiger partial charge in [-0.25, -0.2) is 24.3 Å². The summed E-state index contributed by atoms with van der Waals surface area (Å²) in [6.45, 7) is 3.46. The van der Waals surface area contributed by atoms with Crippen LogP contribution in [-0.4, -0.2) is 68.8 Å². The molecule has 0 aromatic carbocycles. The molecule has 7 amide bonds. The molecular weight excluding hydrogens is 268 g/mol. The summed E-state index contributed by atoms with van der Waals surface area (Å²) in [4.78, 5) is 62.6. The average molecular weight is 282 g/mol. The van der Waals surface area contributed by atoms with Crippen LogP contribution in [-0.2, 0) is 14.4 Å². The number of rotatable bonds is 0. The lowest BCUT2D eigenvalue weighted by Crippen LogP contribution is -2.50. The lowest BCUT2D eigenvalue weighted by Gasteiger charge is -2.24. The van der Waals surface area contributed by atoms with E-state index in [0.29, 0.717) is 0 Å². The molecule has 2 fully saturated rings. The molecule has 108 valence electrons. The SMILES string of the molecule is CC(=O)N1C(=O)N(C)[C@H]2[C@H]1N(C(C)=O)C(=O)N2C(C)=O. The van der Waals surface area contributed by atoms with Gasteiger partial charge in [-0.15, -0.1) is 0 Å². The Labute approximate surface area is 114 Å². The maximum atomic E-state index is 12.2. The van der Waals surface area contributed by atoms with Crippen LogP contribution >= 0.6 is 0 Å². The molecule has 9 heteroatoms. The fourth-order valence-corrected chi connectivity index (χ4v) is 2.59. The van der Waals surface area contributed by atoms with E-state index in [1.165, 1.54) is 7.05 Å². The molecule has 2 saturated heterocycles. The van der Waals surface area contributed by atoms with Crippen molar-refractivity contribution in [2.75, 3.05) is 7.05 Å². The summed E-state index contributed by atoms with van der Waals surface area (Å²) in [6, 6.07) is -1.48. The van der Waals surface area contributed by atoms with Gasteiger partial charge < -0.3 is 4.90 Å². The van der Waals surface area contributed by atoms with Crippen LogP contribution in [0.4, 0.5) is 9.59 Å². The first-order valence-corrected chi connectivity index (χ1v) is 5.90. The van der Waals surface area contributed by atoms with E-state index in [-0.39, 0.29) is 0 Å². The summed E-state index contributed by atoms with van der Waals surface area (Å²) < 4.78 is 0. The number of fused-ring (bicyclic) bond motifs is 1. The monoisotopic (exact) mass is 282 g/mol. The smallest absolute Gasteiger partial charge is 0.302 e. The van der Waals surface area contributed by atoms with Crippen LogP contribution in [0.2, 0.25) is 0 Å². The van der Waals surface area contributed by atoms with Crippen molar-refractivity contribution in [2.24, 2.45) is 0 Å². The third-order valence-electron chi connectivity index (χ3n) is 3.39. The van der Waals surface area contributed by atoms with Crippen LogP contribution in [0, 0.1) is 0 Å². The molecule has 2 atom stereocenters. The zero-order valence-corrected chi connectivity index (χ0v) is 11.5. The van der Waals surface area contributed by atoms with E-state index >= 15 is 0 Å². The van der Waals surface area contributed by atoms with Gasteiger partial charge in [0.1, 0.15) is 0 Å². The Hall–Kier alpha value is -2.45. The van der Waals surface area contributed by atoms with Gasteiger partial charge in [0, 0.05) is 27.8 Å². The van der Waals surface area contributed by atoms with Gasteiger partial charge in [-0.1, -0.05) is 0 Å². The Morgan fingerprint density at radius 1 is 0.750 bits per heavy atom. The fraction of sp³-hybridized carbons (Fsp3) is 0.545. The number of likely N-dealkylation sites (N-methyl/N-ethyl adjacent to an activating group) is 1. The summed E-state index contributed by atoms with van der Waals surface area (Å²) >= 11 is 0. The van der Waals surface area contributed by atoms with E-state index in [1.54, 1.807) is 0 Å². The topological polar surface area (TPSA) is 98.3 Å². The zero-order chi connectivity index (χ0) is 15.4. The quantitative estimate of drug-likeness (QED) is 0.590. The molecule has 2 aliphatic rings. The molecule has 0 N–H and O–H groups in total. The normalized spacial score (nSPS) is 25.4. The van der Waals surface area contributed by atoms with Gasteiger partial charge in [0.15, 0.2) is 12.3 Å². The molecule has 20 heavy (non-hydrogen) atoms. The minimum atomic E-state index is -1.11. The molecular formula is C11H14N4O5. The third kappa shape index (κ3) is 1.59. The first-order valence-electron chi connectivity index (χ1n) is 5.90. The lowest BCUT2D eigenvalue weighted by atomic mass is 10.3. The summed E-state index contributed by atoms with van der Waals surface area (Å²) in [5.41, 5.74) is 0. The van der Waals surface area contributed by atoms with E-state index in [9.17, 15) is 24.0 Å². The Morgan fingerprint density at radius 2 is 1.10 bits per heavy atom. The molecule has 0 bridgehead atoms. The van der Waals surface area contributed by atoms with Crippen LogP contribution < -0.4 is 0 Å². The molecule has 2 aliphatic heterocycles. The Balaban J connectivity index is 2.58. The van der Waals surface area contributed by atoms with Gasteiger partial charge in [-0.3, -0.25) is 14.4 Å². The lowest BCUT2D eigenvalue weighted by molar-refractivity contribution is -0.135. The number of carbonyl (C=O) groups is 5. The minimum Gasteiger partial charge on any atom is -0.302 e. The summed E-state index contributed by atoms with van der Waals surface area (Å²) in [5, 5.41) is 0. The van der Waals surface area contributed by atoms with Crippen LogP contribution in [0.3, 0.4) is 0 Å². The third-order valence-corrected chi connectivity index (χ3v) is 3.39. The highest BCUT2D eigenvalue weighted by molar-refractivity contribution is 6.07. The number of hydrogen-bond acceptors (Lipinski definition) is 5. The number of amides is 7. The number of urea groups is 2. The largest absolute Gasteiger partial charge is 0.337 e. The molecule has 0 saturated carbocycles. The van der Waals surface area contributed by atoms with Crippen molar-refractivity contribution in [1.29, 1.82) is 0 Å². The molecule has 2 rings (SSSR count). The van der Waals surface area contributed by atoms with Gasteiger partial charge in [-0.2, -0.15) is 0 Å². The number of hydrogen-bond donors (Lipinski definition) is 0. The summed E-state index contributed by atoms with van der Waals surface area (Å²) in [6.07, 6.45) is -2.10. The second-order valence-corrected chi connectivity index (χ2v) is 4.67. The molecule has 9 nitrogen and oxygen atoms in total. The van der Waals surface area contributed by atoms with Crippen molar-refractivity contribution in [3.05, 3.63) is 0 Å². The first kappa shape index (κ1) is 14.0. The molecule has 0 aromatic heterocycles. The standard InChI is InChI=1S/C11H14N4O5/c1-5(16)13-8-9(15(7(3)18)11(13)20)14(6(2)17)10(19)12(8)4/h8-9H,1-4H3/t8-,9-/m1/s1. The van der Waals surface area contributed by atoms with Crippen molar-refractivity contribution in [1.82, 2.24) is 19.6 Å². The maximum absolute atomic E-state index is 12.2. The van der Waals surface area contributed by atoms with E-state index in [2.05, 4.69) is 0 Å². The number of nitrogens with zero attached hydrogens (tertiary/aromatic N) is 4. The van der Waals surface area contributed by atoms with Crippen LogP contribution in [0.25, 0.3) is 0 Å². The maximum Gasteiger partial charge on any atom is 0.337 e. The summed E-state index contributed by atoms with van der Waals surface area (Å²) in [7, 11) is 1.37. The second-order valence-electron chi connectivity index (χ2n) is 4.67. The summed E-state index contributed by atoms with van der Waals surface area (Å²) in [5.74, 6) is -1.83. The molecule has 0 radical (unpaired) electrons. The van der Waals surface area contributed by atoms with Crippen molar-refractivity contribution >= 4 is 29.8 Å². The minimum absolute atomic E-state index is 0.598. The zero-order valence-electron chi connectivity index (χ0n) is 11.5. The molecule has 0 unspecified atom stereocenters. The van der Waals surface area contributed by atoms with Crippen LogP contribution in [0.1, 0.15) is 20.8 Å². The molecule has 0 spiro atoms. The Bertz CT molecular complexity index is 533. The number of carbonyl (C=O) groups excluding carboxylic acids is 5. The van der Waals surface area contributed by atoms with E-state index in [1.807, 2.05) is 0 Å². The highest BCUT2D eigenvalue weighted by Crippen LogP contribution is 2.34. The van der Waals surface area contributed by atoms with Crippen molar-refractivity contribution in [3.8, 4) is 0 Å². The molecule has 0 aromatic rings. The van der Waals surface area contributed by atoms with Crippen molar-refractivity contribution in [2.45, 2.75) is 33.1 Å². The predicted molar refractivity (Wildman–Crippen MR) is 63.7 cm³/mol.